The summed E-state index contributed by atoms with van der Waals surface area (Å²) >= 11 is 0. The minimum atomic E-state index is -1.07. The van der Waals surface area contributed by atoms with Crippen molar-refractivity contribution in [3.05, 3.63) is 0 Å². The lowest BCUT2D eigenvalue weighted by Gasteiger charge is -2.20. The monoisotopic (exact) mass is 120 g/mol. The molecule has 0 amide bonds. The highest BCUT2D eigenvalue weighted by molar-refractivity contribution is 4.70. The van der Waals surface area contributed by atoms with Crippen molar-refractivity contribution in [3.63, 3.8) is 0 Å². The summed E-state index contributed by atoms with van der Waals surface area (Å²) in [4.78, 5) is 0. The van der Waals surface area contributed by atoms with Crippen LogP contribution in [0.3, 0.4) is 0 Å². The normalized spacial score (nSPS) is 39.8. The maximum Gasteiger partial charge on any atom is 0.130 e. The van der Waals surface area contributed by atoms with Gasteiger partial charge in [0.15, 0.2) is 0 Å². The molecule has 0 aromatic heterocycles. The maximum atomic E-state index is 12.2. The topological polar surface area (TPSA) is 29.5 Å². The van der Waals surface area contributed by atoms with Crippen molar-refractivity contribution in [3.8, 4) is 0 Å². The smallest absolute Gasteiger partial charge is 0.130 e. The number of hydrogen-bond acceptors (Lipinski definition) is 2. The maximum absolute atomic E-state index is 12.2. The lowest BCUT2D eigenvalue weighted by molar-refractivity contribution is -0.0547. The quantitative estimate of drug-likeness (QED) is 0.491. The van der Waals surface area contributed by atoms with Crippen LogP contribution >= 0.6 is 0 Å². The Morgan fingerprint density at radius 1 is 1.62 bits per heavy atom. The SMILES string of the molecule is O[C@H]1COCC[C@H]1F. The second kappa shape index (κ2) is 2.42. The second-order valence-electron chi connectivity index (χ2n) is 1.95. The van der Waals surface area contributed by atoms with Crippen LogP contribution in [0.25, 0.3) is 0 Å². The summed E-state index contributed by atoms with van der Waals surface area (Å²) in [5.74, 6) is 0. The molecule has 0 radical (unpaired) electrons. The first-order valence-corrected chi connectivity index (χ1v) is 2.70. The lowest BCUT2D eigenvalue weighted by Crippen LogP contribution is -2.33. The van der Waals surface area contributed by atoms with Gasteiger partial charge in [0.2, 0.25) is 0 Å². The van der Waals surface area contributed by atoms with Gasteiger partial charge in [0.25, 0.3) is 0 Å². The van der Waals surface area contributed by atoms with E-state index in [1.807, 2.05) is 0 Å². The van der Waals surface area contributed by atoms with Crippen LogP contribution in [0.15, 0.2) is 0 Å². The van der Waals surface area contributed by atoms with Crippen LogP contribution < -0.4 is 0 Å². The van der Waals surface area contributed by atoms with Crippen LogP contribution in [0.5, 0.6) is 0 Å². The van der Waals surface area contributed by atoms with Gasteiger partial charge in [0.1, 0.15) is 12.3 Å². The molecule has 1 fully saturated rings. The Morgan fingerprint density at radius 2 is 2.38 bits per heavy atom. The van der Waals surface area contributed by atoms with Gasteiger partial charge in [-0.3, -0.25) is 0 Å². The van der Waals surface area contributed by atoms with E-state index in [0.29, 0.717) is 13.0 Å². The minimum absolute atomic E-state index is 0.154. The molecule has 1 rings (SSSR count). The van der Waals surface area contributed by atoms with E-state index in [1.54, 1.807) is 0 Å². The van der Waals surface area contributed by atoms with Crippen molar-refractivity contribution >= 4 is 0 Å². The predicted molar refractivity (Wildman–Crippen MR) is 26.3 cm³/mol. The summed E-state index contributed by atoms with van der Waals surface area (Å²) in [7, 11) is 0. The zero-order chi connectivity index (χ0) is 5.98. The van der Waals surface area contributed by atoms with Crippen LogP contribution in [-0.2, 0) is 4.74 Å². The van der Waals surface area contributed by atoms with Crippen LogP contribution in [0, 0.1) is 0 Å². The van der Waals surface area contributed by atoms with Crippen LogP contribution in [-0.4, -0.2) is 30.6 Å². The third-order valence-electron chi connectivity index (χ3n) is 1.24. The van der Waals surface area contributed by atoms with Crippen molar-refractivity contribution in [2.75, 3.05) is 13.2 Å². The summed E-state index contributed by atoms with van der Waals surface area (Å²) in [6, 6.07) is 0. The Hall–Kier alpha value is -0.150. The highest BCUT2D eigenvalue weighted by Crippen LogP contribution is 2.09. The molecule has 2 atom stereocenters. The van der Waals surface area contributed by atoms with Gasteiger partial charge in [-0.2, -0.15) is 0 Å². The van der Waals surface area contributed by atoms with Gasteiger partial charge in [-0.15, -0.1) is 0 Å². The molecule has 0 unspecified atom stereocenters. The molecule has 0 aromatic rings. The summed E-state index contributed by atoms with van der Waals surface area (Å²) in [5.41, 5.74) is 0. The van der Waals surface area contributed by atoms with E-state index in [1.165, 1.54) is 0 Å². The fourth-order valence-corrected chi connectivity index (χ4v) is 0.697. The number of ether oxygens (including phenoxy) is 1. The van der Waals surface area contributed by atoms with E-state index < -0.39 is 12.3 Å². The fraction of sp³-hybridized carbons (Fsp3) is 1.00. The third-order valence-corrected chi connectivity index (χ3v) is 1.24. The van der Waals surface area contributed by atoms with Crippen molar-refractivity contribution in [2.45, 2.75) is 18.7 Å². The Kier molecular flexibility index (Phi) is 1.81. The van der Waals surface area contributed by atoms with Gasteiger partial charge < -0.3 is 9.84 Å². The van der Waals surface area contributed by atoms with Crippen LogP contribution in [0.1, 0.15) is 6.42 Å². The Labute approximate surface area is 47.3 Å². The summed E-state index contributed by atoms with van der Waals surface area (Å²) < 4.78 is 17.0. The average Bonchev–Trinajstić information content (AvgIpc) is 1.77. The average molecular weight is 120 g/mol. The highest BCUT2D eigenvalue weighted by Gasteiger charge is 2.22. The molecular formula is C5H9FO2. The molecular weight excluding hydrogens is 111 g/mol. The molecule has 0 bridgehead atoms. The molecule has 1 aliphatic rings. The Morgan fingerprint density at radius 3 is 2.75 bits per heavy atom. The molecule has 48 valence electrons. The first kappa shape index (κ1) is 5.98. The van der Waals surface area contributed by atoms with Crippen molar-refractivity contribution in [2.24, 2.45) is 0 Å². The molecule has 2 nitrogen and oxygen atoms in total. The van der Waals surface area contributed by atoms with Gasteiger partial charge in [-0.25, -0.2) is 4.39 Å². The molecule has 1 saturated heterocycles. The molecule has 0 saturated carbocycles. The summed E-state index contributed by atoms with van der Waals surface area (Å²) in [6.07, 6.45) is -1.62. The van der Waals surface area contributed by atoms with Gasteiger partial charge in [0.05, 0.1) is 6.61 Å². The molecule has 0 aromatic carbocycles. The molecule has 8 heavy (non-hydrogen) atoms. The molecule has 0 aliphatic carbocycles. The van der Waals surface area contributed by atoms with Gasteiger partial charge in [-0.1, -0.05) is 0 Å². The fourth-order valence-electron chi connectivity index (χ4n) is 0.697. The molecule has 1 heterocycles. The number of aliphatic hydroxyl groups is 1. The van der Waals surface area contributed by atoms with Gasteiger partial charge >= 0.3 is 0 Å². The number of hydrogen-bond donors (Lipinski definition) is 1. The van der Waals surface area contributed by atoms with Crippen molar-refractivity contribution < 1.29 is 14.2 Å². The summed E-state index contributed by atoms with van der Waals surface area (Å²) in [6.45, 7) is 0.597. The Bertz CT molecular complexity index is 66.8. The van der Waals surface area contributed by atoms with Crippen molar-refractivity contribution in [1.82, 2.24) is 0 Å². The lowest BCUT2D eigenvalue weighted by atomic mass is 10.1. The van der Waals surface area contributed by atoms with E-state index in [9.17, 15) is 4.39 Å². The van der Waals surface area contributed by atoms with Gasteiger partial charge in [-0.05, 0) is 0 Å². The largest absolute Gasteiger partial charge is 0.388 e. The first-order chi connectivity index (χ1) is 3.80. The molecule has 0 spiro atoms. The number of rotatable bonds is 0. The van der Waals surface area contributed by atoms with E-state index >= 15 is 0 Å². The zero-order valence-electron chi connectivity index (χ0n) is 4.51. The van der Waals surface area contributed by atoms with E-state index in [0.717, 1.165) is 0 Å². The van der Waals surface area contributed by atoms with Crippen molar-refractivity contribution in [1.29, 1.82) is 0 Å². The number of aliphatic hydroxyl groups excluding tert-OH is 1. The van der Waals surface area contributed by atoms with Crippen LogP contribution in [0.4, 0.5) is 4.39 Å². The first-order valence-electron chi connectivity index (χ1n) is 2.70. The van der Waals surface area contributed by atoms with Gasteiger partial charge in [0, 0.05) is 13.0 Å². The van der Waals surface area contributed by atoms with E-state index in [4.69, 9.17) is 9.84 Å². The molecule has 1 aliphatic heterocycles. The molecule has 1 N–H and O–H groups in total. The highest BCUT2D eigenvalue weighted by atomic mass is 19.1. The number of alkyl halides is 1. The Balaban J connectivity index is 2.28. The minimum Gasteiger partial charge on any atom is -0.388 e. The third kappa shape index (κ3) is 1.17. The van der Waals surface area contributed by atoms with E-state index in [-0.39, 0.29) is 6.61 Å². The predicted octanol–water partition coefficient (Wildman–Crippen LogP) is 0.106. The van der Waals surface area contributed by atoms with Crippen LogP contribution in [0.2, 0.25) is 0 Å². The second-order valence-corrected chi connectivity index (χ2v) is 1.95. The standard InChI is InChI=1S/C5H9FO2/c6-4-1-2-8-3-5(4)7/h4-5,7H,1-3H2/t4-,5+/m1/s1. The van der Waals surface area contributed by atoms with E-state index in [2.05, 4.69) is 0 Å². The zero-order valence-corrected chi connectivity index (χ0v) is 4.51. The molecule has 3 heteroatoms. The summed E-state index contributed by atoms with van der Waals surface area (Å²) in [5, 5.41) is 8.68. The number of halogens is 1.